The van der Waals surface area contributed by atoms with Gasteiger partial charge in [-0.2, -0.15) is 0 Å². The lowest BCUT2D eigenvalue weighted by atomic mass is 9.85. The van der Waals surface area contributed by atoms with Crippen LogP contribution in [0, 0.1) is 17.3 Å². The summed E-state index contributed by atoms with van der Waals surface area (Å²) in [5, 5.41) is 0. The van der Waals surface area contributed by atoms with Gasteiger partial charge in [-0.1, -0.05) is 48.5 Å². The number of carbonyl (C=O) groups excluding carboxylic acids is 1. The van der Waals surface area contributed by atoms with Gasteiger partial charge in [0, 0.05) is 25.6 Å². The molecule has 3 nitrogen and oxygen atoms in total. The van der Waals surface area contributed by atoms with E-state index >= 15 is 0 Å². The van der Waals surface area contributed by atoms with Gasteiger partial charge in [0.25, 0.3) is 0 Å². The first-order valence-corrected chi connectivity index (χ1v) is 8.07. The lowest BCUT2D eigenvalue weighted by Gasteiger charge is -2.30. The Kier molecular flexibility index (Phi) is 8.41. The van der Waals surface area contributed by atoms with E-state index in [1.165, 1.54) is 0 Å². The van der Waals surface area contributed by atoms with Gasteiger partial charge in [-0.15, -0.1) is 0 Å². The molecule has 0 spiro atoms. The second-order valence-electron chi connectivity index (χ2n) is 7.92. The van der Waals surface area contributed by atoms with E-state index in [1.807, 2.05) is 4.90 Å². The molecular formula is C17H36N2O. The van der Waals surface area contributed by atoms with Crippen molar-refractivity contribution in [3.8, 4) is 0 Å². The van der Waals surface area contributed by atoms with Crippen LogP contribution in [0.2, 0.25) is 0 Å². The summed E-state index contributed by atoms with van der Waals surface area (Å²) in [5.41, 5.74) is 6.14. The quantitative estimate of drug-likeness (QED) is 0.739. The van der Waals surface area contributed by atoms with Crippen LogP contribution in [0.1, 0.15) is 67.7 Å². The third-order valence-corrected chi connectivity index (χ3v) is 3.81. The van der Waals surface area contributed by atoms with Gasteiger partial charge in [-0.05, 0) is 30.1 Å². The molecular weight excluding hydrogens is 248 g/mol. The minimum atomic E-state index is -0.0735. The molecule has 0 heterocycles. The maximum Gasteiger partial charge on any atom is 0.224 e. The number of rotatable bonds is 8. The summed E-state index contributed by atoms with van der Waals surface area (Å²) in [6.45, 7) is 16.8. The minimum absolute atomic E-state index is 0.0164. The Balaban J connectivity index is 4.53. The molecule has 0 fully saturated rings. The molecule has 0 rings (SSSR count). The van der Waals surface area contributed by atoms with E-state index in [0.29, 0.717) is 18.3 Å². The van der Waals surface area contributed by atoms with Gasteiger partial charge in [-0.25, -0.2) is 0 Å². The van der Waals surface area contributed by atoms with Gasteiger partial charge >= 0.3 is 0 Å². The molecule has 0 aromatic rings. The van der Waals surface area contributed by atoms with Gasteiger partial charge in [0.15, 0.2) is 0 Å². The van der Waals surface area contributed by atoms with Crippen molar-refractivity contribution in [2.45, 2.75) is 73.8 Å². The highest BCUT2D eigenvalue weighted by Crippen LogP contribution is 2.21. The van der Waals surface area contributed by atoms with E-state index in [9.17, 15) is 4.79 Å². The molecule has 120 valence electrons. The van der Waals surface area contributed by atoms with Crippen LogP contribution in [-0.2, 0) is 4.79 Å². The maximum absolute atomic E-state index is 12.5. The zero-order valence-electron chi connectivity index (χ0n) is 14.7. The van der Waals surface area contributed by atoms with Crippen molar-refractivity contribution in [3.63, 3.8) is 0 Å². The summed E-state index contributed by atoms with van der Waals surface area (Å²) in [7, 11) is 0. The Morgan fingerprint density at radius 3 is 1.70 bits per heavy atom. The van der Waals surface area contributed by atoms with Gasteiger partial charge in [0.2, 0.25) is 5.91 Å². The molecule has 0 aliphatic rings. The first-order valence-electron chi connectivity index (χ1n) is 8.07. The number of hydrogen-bond acceptors (Lipinski definition) is 2. The van der Waals surface area contributed by atoms with E-state index in [1.54, 1.807) is 0 Å². The fraction of sp³-hybridized carbons (Fsp3) is 0.941. The van der Waals surface area contributed by atoms with Crippen LogP contribution >= 0.6 is 0 Å². The third kappa shape index (κ3) is 8.57. The fourth-order valence-corrected chi connectivity index (χ4v) is 1.81. The smallest absolute Gasteiger partial charge is 0.224 e. The molecule has 0 aromatic heterocycles. The van der Waals surface area contributed by atoms with Crippen LogP contribution in [0.3, 0.4) is 0 Å². The SMILES string of the molecule is CC(C)CCN(CCC(C)C)C(=O)CC(N)C(C)(C)C. The van der Waals surface area contributed by atoms with Crippen molar-refractivity contribution in [2.24, 2.45) is 23.0 Å². The Hall–Kier alpha value is -0.570. The second-order valence-corrected chi connectivity index (χ2v) is 7.92. The van der Waals surface area contributed by atoms with Crippen LogP contribution in [0.25, 0.3) is 0 Å². The summed E-state index contributed by atoms with van der Waals surface area (Å²) in [4.78, 5) is 14.5. The molecule has 3 heteroatoms. The Labute approximate surface area is 126 Å². The van der Waals surface area contributed by atoms with Crippen molar-refractivity contribution in [1.29, 1.82) is 0 Å². The molecule has 0 radical (unpaired) electrons. The highest BCUT2D eigenvalue weighted by molar-refractivity contribution is 5.76. The monoisotopic (exact) mass is 284 g/mol. The third-order valence-electron chi connectivity index (χ3n) is 3.81. The van der Waals surface area contributed by atoms with Crippen molar-refractivity contribution in [2.75, 3.05) is 13.1 Å². The second kappa shape index (κ2) is 8.66. The van der Waals surface area contributed by atoms with Gasteiger partial charge in [0.05, 0.1) is 0 Å². The number of hydrogen-bond donors (Lipinski definition) is 1. The molecule has 0 saturated heterocycles. The molecule has 0 aliphatic heterocycles. The average molecular weight is 284 g/mol. The van der Waals surface area contributed by atoms with Crippen LogP contribution < -0.4 is 5.73 Å². The van der Waals surface area contributed by atoms with Crippen molar-refractivity contribution in [3.05, 3.63) is 0 Å². The van der Waals surface area contributed by atoms with E-state index in [-0.39, 0.29) is 17.4 Å². The van der Waals surface area contributed by atoms with Crippen LogP contribution in [0.5, 0.6) is 0 Å². The average Bonchev–Trinajstić information content (AvgIpc) is 2.26. The fourth-order valence-electron chi connectivity index (χ4n) is 1.81. The number of carbonyl (C=O) groups is 1. The summed E-state index contributed by atoms with van der Waals surface area (Å²) in [5.74, 6) is 1.47. The highest BCUT2D eigenvalue weighted by atomic mass is 16.2. The normalized spacial score (nSPS) is 13.9. The Morgan fingerprint density at radius 2 is 1.40 bits per heavy atom. The van der Waals surface area contributed by atoms with E-state index in [2.05, 4.69) is 48.5 Å². The zero-order chi connectivity index (χ0) is 15.9. The Bertz CT molecular complexity index is 267. The summed E-state index contributed by atoms with van der Waals surface area (Å²) < 4.78 is 0. The standard InChI is InChI=1S/C17H36N2O/c1-13(2)8-10-19(11-9-14(3)4)16(20)12-15(18)17(5,6)7/h13-15H,8-12,18H2,1-7H3. The summed E-state index contributed by atoms with van der Waals surface area (Å²) in [6.07, 6.45) is 2.59. The summed E-state index contributed by atoms with van der Waals surface area (Å²) >= 11 is 0. The van der Waals surface area contributed by atoms with Crippen LogP contribution in [-0.4, -0.2) is 29.9 Å². The predicted octanol–water partition coefficient (Wildman–Crippen LogP) is 3.67. The molecule has 0 saturated carbocycles. The van der Waals surface area contributed by atoms with E-state index < -0.39 is 0 Å². The topological polar surface area (TPSA) is 46.3 Å². The van der Waals surface area contributed by atoms with Crippen molar-refractivity contribution in [1.82, 2.24) is 4.90 Å². The molecule has 0 aliphatic carbocycles. The lowest BCUT2D eigenvalue weighted by Crippen LogP contribution is -2.42. The van der Waals surface area contributed by atoms with Gasteiger partial charge in [-0.3, -0.25) is 4.79 Å². The van der Waals surface area contributed by atoms with Crippen molar-refractivity contribution >= 4 is 5.91 Å². The first-order chi connectivity index (χ1) is 9.04. The first kappa shape index (κ1) is 19.4. The van der Waals surface area contributed by atoms with E-state index in [0.717, 1.165) is 25.9 Å². The number of nitrogens with zero attached hydrogens (tertiary/aromatic N) is 1. The molecule has 1 amide bonds. The van der Waals surface area contributed by atoms with Crippen LogP contribution in [0.4, 0.5) is 0 Å². The predicted molar refractivity (Wildman–Crippen MR) is 87.5 cm³/mol. The lowest BCUT2D eigenvalue weighted by molar-refractivity contribution is -0.132. The molecule has 20 heavy (non-hydrogen) atoms. The van der Waals surface area contributed by atoms with E-state index in [4.69, 9.17) is 5.73 Å². The molecule has 1 unspecified atom stereocenters. The van der Waals surface area contributed by atoms with Gasteiger partial charge in [0.1, 0.15) is 0 Å². The molecule has 0 aromatic carbocycles. The van der Waals surface area contributed by atoms with Gasteiger partial charge < -0.3 is 10.6 Å². The van der Waals surface area contributed by atoms with Crippen molar-refractivity contribution < 1.29 is 4.79 Å². The number of amides is 1. The van der Waals surface area contributed by atoms with Crippen LogP contribution in [0.15, 0.2) is 0 Å². The molecule has 0 bridgehead atoms. The number of nitrogens with two attached hydrogens (primary N) is 1. The zero-order valence-corrected chi connectivity index (χ0v) is 14.7. The highest BCUT2D eigenvalue weighted by Gasteiger charge is 2.25. The molecule has 1 atom stereocenters. The maximum atomic E-state index is 12.5. The minimum Gasteiger partial charge on any atom is -0.343 e. The molecule has 2 N–H and O–H groups in total. The Morgan fingerprint density at radius 1 is 1.00 bits per heavy atom. The largest absolute Gasteiger partial charge is 0.343 e. The summed E-state index contributed by atoms with van der Waals surface area (Å²) in [6, 6.07) is -0.0735.